The highest BCUT2D eigenvalue weighted by atomic mass is 32.2. The summed E-state index contributed by atoms with van der Waals surface area (Å²) in [6, 6.07) is 1.82. The molecule has 0 saturated heterocycles. The molecule has 2 aromatic rings. The highest BCUT2D eigenvalue weighted by Crippen LogP contribution is 2.39. The van der Waals surface area contributed by atoms with Gasteiger partial charge in [0.2, 0.25) is 0 Å². The lowest BCUT2D eigenvalue weighted by Gasteiger charge is -2.05. The SMILES string of the molecule is NNc1cc(Sc2ncns2)nc(C2CC2)n1. The summed E-state index contributed by atoms with van der Waals surface area (Å²) in [7, 11) is 0. The molecule has 0 aromatic carbocycles. The van der Waals surface area contributed by atoms with Crippen molar-refractivity contribution in [1.29, 1.82) is 0 Å². The molecule has 0 bridgehead atoms. The third-order valence-electron chi connectivity index (χ3n) is 2.34. The van der Waals surface area contributed by atoms with E-state index in [-0.39, 0.29) is 0 Å². The Balaban J connectivity index is 1.89. The first-order valence-electron chi connectivity index (χ1n) is 5.15. The van der Waals surface area contributed by atoms with Crippen LogP contribution in [0.15, 0.2) is 21.8 Å². The maximum atomic E-state index is 5.41. The fraction of sp³-hybridized carbons (Fsp3) is 0.333. The molecule has 1 aliphatic carbocycles. The quantitative estimate of drug-likeness (QED) is 0.494. The maximum Gasteiger partial charge on any atom is 0.175 e. The second kappa shape index (κ2) is 4.55. The second-order valence-electron chi connectivity index (χ2n) is 3.68. The van der Waals surface area contributed by atoms with Gasteiger partial charge in [-0.15, -0.1) is 0 Å². The number of rotatable bonds is 4. The van der Waals surface area contributed by atoms with Gasteiger partial charge >= 0.3 is 0 Å². The van der Waals surface area contributed by atoms with Gasteiger partial charge in [-0.25, -0.2) is 20.8 Å². The van der Waals surface area contributed by atoms with Crippen LogP contribution in [0.2, 0.25) is 0 Å². The Kier molecular flexibility index (Phi) is 2.91. The van der Waals surface area contributed by atoms with Crippen LogP contribution in [0.3, 0.4) is 0 Å². The monoisotopic (exact) mass is 266 g/mol. The predicted molar refractivity (Wildman–Crippen MR) is 65.8 cm³/mol. The molecule has 1 fully saturated rings. The number of nitrogens with zero attached hydrogens (tertiary/aromatic N) is 4. The van der Waals surface area contributed by atoms with Crippen molar-refractivity contribution in [1.82, 2.24) is 19.3 Å². The van der Waals surface area contributed by atoms with Crippen LogP contribution in [0.25, 0.3) is 0 Å². The van der Waals surface area contributed by atoms with E-state index in [1.165, 1.54) is 29.6 Å². The first-order chi connectivity index (χ1) is 8.35. The van der Waals surface area contributed by atoms with E-state index >= 15 is 0 Å². The van der Waals surface area contributed by atoms with E-state index in [4.69, 9.17) is 5.84 Å². The topological polar surface area (TPSA) is 89.6 Å². The zero-order valence-electron chi connectivity index (χ0n) is 8.83. The van der Waals surface area contributed by atoms with Gasteiger partial charge in [0.25, 0.3) is 0 Å². The van der Waals surface area contributed by atoms with Crippen molar-refractivity contribution >= 4 is 29.1 Å². The molecule has 2 aromatic heterocycles. The molecule has 8 heteroatoms. The van der Waals surface area contributed by atoms with Gasteiger partial charge < -0.3 is 5.43 Å². The third-order valence-corrected chi connectivity index (χ3v) is 3.98. The number of nitrogens with two attached hydrogens (primary N) is 1. The molecule has 0 aliphatic heterocycles. The van der Waals surface area contributed by atoms with E-state index in [2.05, 4.69) is 24.8 Å². The van der Waals surface area contributed by atoms with Crippen LogP contribution in [0.5, 0.6) is 0 Å². The summed E-state index contributed by atoms with van der Waals surface area (Å²) >= 11 is 2.83. The van der Waals surface area contributed by atoms with Gasteiger partial charge in [0.05, 0.1) is 0 Å². The summed E-state index contributed by atoms with van der Waals surface area (Å²) in [5.41, 5.74) is 2.57. The Morgan fingerprint density at radius 1 is 1.41 bits per heavy atom. The maximum absolute atomic E-state index is 5.41. The number of hydrazine groups is 1. The largest absolute Gasteiger partial charge is 0.308 e. The lowest BCUT2D eigenvalue weighted by atomic mass is 10.4. The van der Waals surface area contributed by atoms with Crippen LogP contribution < -0.4 is 11.3 Å². The predicted octanol–water partition coefficient (Wildman–Crippen LogP) is 1.64. The summed E-state index contributed by atoms with van der Waals surface area (Å²) in [6.07, 6.45) is 3.87. The Bertz CT molecular complexity index is 510. The summed E-state index contributed by atoms with van der Waals surface area (Å²) in [5, 5.41) is 0.853. The van der Waals surface area contributed by atoms with E-state index in [1.807, 2.05) is 6.07 Å². The molecule has 1 saturated carbocycles. The molecule has 0 unspecified atom stereocenters. The normalized spacial score (nSPS) is 14.9. The molecule has 3 N–H and O–H groups in total. The molecule has 0 radical (unpaired) electrons. The summed E-state index contributed by atoms with van der Waals surface area (Å²) < 4.78 is 4.83. The molecular formula is C9H10N6S2. The van der Waals surface area contributed by atoms with E-state index in [0.29, 0.717) is 11.7 Å². The van der Waals surface area contributed by atoms with Crippen molar-refractivity contribution in [2.45, 2.75) is 28.1 Å². The Hall–Kier alpha value is -1.25. The second-order valence-corrected chi connectivity index (χ2v) is 5.73. The number of anilines is 1. The van der Waals surface area contributed by atoms with E-state index < -0.39 is 0 Å². The Morgan fingerprint density at radius 3 is 2.94 bits per heavy atom. The van der Waals surface area contributed by atoms with Gasteiger partial charge in [0.15, 0.2) is 4.34 Å². The number of hydrogen-bond acceptors (Lipinski definition) is 8. The standard InChI is InChI=1S/C9H10N6S2/c10-15-6-3-7(16-9-11-4-12-17-9)14-8(13-6)5-1-2-5/h3-5H,1-2,10H2,(H,13,14,15). The Labute approximate surface area is 106 Å². The van der Waals surface area contributed by atoms with E-state index in [0.717, 1.165) is 28.0 Å². The minimum atomic E-state index is 0.497. The fourth-order valence-electron chi connectivity index (χ4n) is 1.39. The first-order valence-corrected chi connectivity index (χ1v) is 6.74. The van der Waals surface area contributed by atoms with Crippen LogP contribution in [0.1, 0.15) is 24.6 Å². The summed E-state index contributed by atoms with van der Waals surface area (Å²) in [4.78, 5) is 13.0. The van der Waals surface area contributed by atoms with Crippen LogP contribution in [0, 0.1) is 0 Å². The minimum Gasteiger partial charge on any atom is -0.308 e. The minimum absolute atomic E-state index is 0.497. The number of nitrogens with one attached hydrogen (secondary N) is 1. The van der Waals surface area contributed by atoms with Crippen molar-refractivity contribution in [2.75, 3.05) is 5.43 Å². The van der Waals surface area contributed by atoms with Gasteiger partial charge in [-0.3, -0.25) is 0 Å². The van der Waals surface area contributed by atoms with Crippen LogP contribution in [-0.2, 0) is 0 Å². The zero-order chi connectivity index (χ0) is 11.7. The van der Waals surface area contributed by atoms with Crippen LogP contribution in [-0.4, -0.2) is 19.3 Å². The van der Waals surface area contributed by atoms with Crippen molar-refractivity contribution in [2.24, 2.45) is 5.84 Å². The highest BCUT2D eigenvalue weighted by Gasteiger charge is 2.27. The van der Waals surface area contributed by atoms with Crippen molar-refractivity contribution in [3.8, 4) is 0 Å². The van der Waals surface area contributed by atoms with Crippen LogP contribution >= 0.6 is 23.3 Å². The molecule has 0 amide bonds. The molecule has 0 atom stereocenters. The van der Waals surface area contributed by atoms with Gasteiger partial charge in [-0.1, -0.05) is 0 Å². The van der Waals surface area contributed by atoms with Gasteiger partial charge in [0.1, 0.15) is 23.0 Å². The lowest BCUT2D eigenvalue weighted by molar-refractivity contribution is 0.877. The van der Waals surface area contributed by atoms with Gasteiger partial charge in [0, 0.05) is 12.0 Å². The molecule has 88 valence electrons. The Morgan fingerprint density at radius 2 is 2.29 bits per heavy atom. The summed E-state index contributed by atoms with van der Waals surface area (Å²) in [6.45, 7) is 0. The number of nitrogen functional groups attached to an aromatic ring is 1. The van der Waals surface area contributed by atoms with Crippen LogP contribution in [0.4, 0.5) is 5.82 Å². The van der Waals surface area contributed by atoms with Crippen molar-refractivity contribution in [3.63, 3.8) is 0 Å². The summed E-state index contributed by atoms with van der Waals surface area (Å²) in [5.74, 6) is 7.42. The highest BCUT2D eigenvalue weighted by molar-refractivity contribution is 8.00. The average molecular weight is 266 g/mol. The number of aromatic nitrogens is 4. The molecule has 2 heterocycles. The van der Waals surface area contributed by atoms with Gasteiger partial charge in [-0.05, 0) is 36.1 Å². The average Bonchev–Trinajstić information content (AvgIpc) is 3.09. The zero-order valence-corrected chi connectivity index (χ0v) is 10.5. The van der Waals surface area contributed by atoms with Crippen molar-refractivity contribution < 1.29 is 0 Å². The van der Waals surface area contributed by atoms with E-state index in [9.17, 15) is 0 Å². The number of hydrogen-bond donors (Lipinski definition) is 2. The lowest BCUT2D eigenvalue weighted by Crippen LogP contribution is -2.10. The van der Waals surface area contributed by atoms with Gasteiger partial charge in [-0.2, -0.15) is 4.37 Å². The molecule has 17 heavy (non-hydrogen) atoms. The third kappa shape index (κ3) is 2.54. The first kappa shape index (κ1) is 10.9. The van der Waals surface area contributed by atoms with Crippen molar-refractivity contribution in [3.05, 3.63) is 18.2 Å². The van der Waals surface area contributed by atoms with E-state index in [1.54, 1.807) is 0 Å². The fourth-order valence-corrected chi connectivity index (χ4v) is 2.79. The molecular weight excluding hydrogens is 256 g/mol. The molecule has 6 nitrogen and oxygen atoms in total. The smallest absolute Gasteiger partial charge is 0.175 e. The molecule has 3 rings (SSSR count). The molecule has 0 spiro atoms. The molecule has 1 aliphatic rings.